The van der Waals surface area contributed by atoms with Crippen molar-refractivity contribution in [3.63, 3.8) is 0 Å². The Bertz CT molecular complexity index is 538. The van der Waals surface area contributed by atoms with Crippen LogP contribution in [0.2, 0.25) is 25.7 Å². The molecule has 2 unspecified atom stereocenters. The summed E-state index contributed by atoms with van der Waals surface area (Å²) >= 11 is 0. The number of hydrogen-bond acceptors (Lipinski definition) is 4. The van der Waals surface area contributed by atoms with Crippen LogP contribution in [0.25, 0.3) is 20.9 Å². The van der Waals surface area contributed by atoms with Crippen LogP contribution in [0.5, 0.6) is 0 Å². The van der Waals surface area contributed by atoms with Crippen molar-refractivity contribution >= 4 is 14.0 Å². The molecule has 0 spiro atoms. The number of unbranched alkanes of at least 4 members (excludes halogenated alkanes) is 4. The highest BCUT2D eigenvalue weighted by molar-refractivity contribution is 6.76. The summed E-state index contributed by atoms with van der Waals surface area (Å²) in [6, 6.07) is 0.729. The minimum atomic E-state index is -1.58. The van der Waals surface area contributed by atoms with Crippen molar-refractivity contribution < 1.29 is 9.53 Å². The van der Waals surface area contributed by atoms with Gasteiger partial charge in [-0.2, -0.15) is 0 Å². The van der Waals surface area contributed by atoms with Gasteiger partial charge in [0.15, 0.2) is 0 Å². The highest BCUT2D eigenvalue weighted by Crippen LogP contribution is 2.32. The van der Waals surface area contributed by atoms with Gasteiger partial charge in [-0.15, -0.1) is 0 Å². The van der Waals surface area contributed by atoms with E-state index >= 15 is 0 Å². The van der Waals surface area contributed by atoms with Gasteiger partial charge in [0.05, 0.1) is 5.54 Å². The zero-order chi connectivity index (χ0) is 20.8. The molecule has 0 N–H and O–H groups in total. The Morgan fingerprint density at radius 1 is 1.11 bits per heavy atom. The fourth-order valence-electron chi connectivity index (χ4n) is 3.49. The zero-order valence-corrected chi connectivity index (χ0v) is 18.6. The Kier molecular flexibility index (Phi) is 12.6. The second-order valence-corrected chi connectivity index (χ2v) is 14.0. The molecule has 0 aliphatic rings. The lowest BCUT2D eigenvalue weighted by atomic mass is 9.93. The van der Waals surface area contributed by atoms with Crippen molar-refractivity contribution in [3.8, 4) is 0 Å². The van der Waals surface area contributed by atoms with E-state index in [1.165, 1.54) is 26.2 Å². The first-order valence-corrected chi connectivity index (χ1v) is 13.6. The van der Waals surface area contributed by atoms with Gasteiger partial charge in [0.2, 0.25) is 0 Å². The van der Waals surface area contributed by atoms with E-state index in [9.17, 15) is 4.79 Å². The number of nitrogens with zero attached hydrogens (tertiary/aromatic N) is 6. The van der Waals surface area contributed by atoms with Crippen LogP contribution in [-0.2, 0) is 9.53 Å². The monoisotopic (exact) mass is 396 g/mol. The van der Waals surface area contributed by atoms with E-state index in [2.05, 4.69) is 46.6 Å². The maximum atomic E-state index is 11.5. The van der Waals surface area contributed by atoms with Gasteiger partial charge in [-0.1, -0.05) is 62.5 Å². The van der Waals surface area contributed by atoms with Crippen LogP contribution in [0, 0.1) is 0 Å². The quantitative estimate of drug-likeness (QED) is 0.0757. The molecule has 0 bridgehead atoms. The van der Waals surface area contributed by atoms with Crippen LogP contribution in [0.4, 0.5) is 0 Å². The standard InChI is InChI=1S/C18H36N6O2Si/c1-6-7-8-9-10-11-17(26-16(2)25)12-13-18(22-24-20,14-21-23-19)15-27(3,4)5/h17H,6-15H2,1-5H3. The third-order valence-electron chi connectivity index (χ3n) is 4.44. The normalized spacial score (nSPS) is 14.4. The molecule has 0 rings (SSSR count). The van der Waals surface area contributed by atoms with Crippen LogP contribution in [0.3, 0.4) is 0 Å². The molecular formula is C18H36N6O2Si. The molecule has 0 aromatic rings. The van der Waals surface area contributed by atoms with Gasteiger partial charge in [0.1, 0.15) is 6.10 Å². The zero-order valence-electron chi connectivity index (χ0n) is 17.6. The summed E-state index contributed by atoms with van der Waals surface area (Å²) in [6.07, 6.45) is 7.52. The van der Waals surface area contributed by atoms with Crippen LogP contribution in [-0.4, -0.2) is 32.2 Å². The predicted octanol–water partition coefficient (Wildman–Crippen LogP) is 6.76. The Morgan fingerprint density at radius 3 is 2.30 bits per heavy atom. The van der Waals surface area contributed by atoms with Crippen molar-refractivity contribution in [1.29, 1.82) is 0 Å². The Morgan fingerprint density at radius 2 is 1.78 bits per heavy atom. The molecule has 0 saturated heterocycles. The third kappa shape index (κ3) is 13.2. The van der Waals surface area contributed by atoms with Crippen molar-refractivity contribution in [1.82, 2.24) is 0 Å². The predicted molar refractivity (Wildman–Crippen MR) is 112 cm³/mol. The minimum Gasteiger partial charge on any atom is -0.463 e. The van der Waals surface area contributed by atoms with E-state index in [0.29, 0.717) is 12.8 Å². The average Bonchev–Trinajstić information content (AvgIpc) is 2.56. The maximum absolute atomic E-state index is 11.5. The first-order valence-electron chi connectivity index (χ1n) is 9.92. The van der Waals surface area contributed by atoms with E-state index < -0.39 is 13.6 Å². The Hall–Kier alpha value is -1.69. The van der Waals surface area contributed by atoms with Crippen molar-refractivity contribution in [2.24, 2.45) is 10.2 Å². The summed E-state index contributed by atoms with van der Waals surface area (Å²) < 4.78 is 5.50. The van der Waals surface area contributed by atoms with Gasteiger partial charge in [0, 0.05) is 31.4 Å². The van der Waals surface area contributed by atoms with Gasteiger partial charge in [-0.25, -0.2) is 0 Å². The van der Waals surface area contributed by atoms with Gasteiger partial charge in [0.25, 0.3) is 0 Å². The summed E-state index contributed by atoms with van der Waals surface area (Å²) in [5.41, 5.74) is 17.1. The summed E-state index contributed by atoms with van der Waals surface area (Å²) in [5, 5.41) is 7.77. The van der Waals surface area contributed by atoms with Crippen LogP contribution >= 0.6 is 0 Å². The number of esters is 1. The summed E-state index contributed by atoms with van der Waals surface area (Å²) in [6.45, 7) is 10.3. The molecule has 0 aliphatic carbocycles. The van der Waals surface area contributed by atoms with E-state index in [4.69, 9.17) is 15.8 Å². The number of rotatable bonds is 15. The number of azide groups is 2. The molecular weight excluding hydrogens is 360 g/mol. The minimum absolute atomic E-state index is 0.140. The van der Waals surface area contributed by atoms with Gasteiger partial charge < -0.3 is 4.74 Å². The second kappa shape index (κ2) is 13.5. The van der Waals surface area contributed by atoms with Crippen LogP contribution < -0.4 is 0 Å². The second-order valence-electron chi connectivity index (χ2n) is 8.51. The van der Waals surface area contributed by atoms with E-state index in [1.54, 1.807) is 0 Å². The summed E-state index contributed by atoms with van der Waals surface area (Å²) in [5.74, 6) is -0.289. The number of carbonyl (C=O) groups is 1. The Balaban J connectivity index is 5.11. The molecule has 0 radical (unpaired) electrons. The average molecular weight is 397 g/mol. The first kappa shape index (κ1) is 25.3. The highest BCUT2D eigenvalue weighted by atomic mass is 28.3. The molecule has 0 saturated carbocycles. The van der Waals surface area contributed by atoms with Crippen molar-refractivity contribution in [2.75, 3.05) is 6.54 Å². The highest BCUT2D eigenvalue weighted by Gasteiger charge is 2.35. The topological polar surface area (TPSA) is 124 Å². The molecule has 0 amide bonds. The molecule has 0 fully saturated rings. The molecule has 9 heteroatoms. The lowest BCUT2D eigenvalue weighted by Gasteiger charge is -2.34. The Labute approximate surface area is 164 Å². The van der Waals surface area contributed by atoms with E-state index in [-0.39, 0.29) is 18.6 Å². The van der Waals surface area contributed by atoms with E-state index in [0.717, 1.165) is 25.3 Å². The van der Waals surface area contributed by atoms with E-state index in [1.807, 2.05) is 0 Å². The maximum Gasteiger partial charge on any atom is 0.302 e. The third-order valence-corrected chi connectivity index (χ3v) is 6.16. The number of ether oxygens (including phenoxy) is 1. The smallest absolute Gasteiger partial charge is 0.302 e. The van der Waals surface area contributed by atoms with Crippen LogP contribution in [0.15, 0.2) is 10.2 Å². The molecule has 0 aromatic heterocycles. The van der Waals surface area contributed by atoms with Crippen molar-refractivity contribution in [3.05, 3.63) is 20.9 Å². The number of hydrogen-bond donors (Lipinski definition) is 0. The summed E-state index contributed by atoms with van der Waals surface area (Å²) in [4.78, 5) is 17.4. The van der Waals surface area contributed by atoms with Crippen LogP contribution in [0.1, 0.15) is 65.2 Å². The molecule has 154 valence electrons. The molecule has 2 atom stereocenters. The largest absolute Gasteiger partial charge is 0.463 e. The lowest BCUT2D eigenvalue weighted by molar-refractivity contribution is -0.147. The molecule has 0 aliphatic heterocycles. The van der Waals surface area contributed by atoms with Gasteiger partial charge in [-0.3, -0.25) is 4.79 Å². The molecule has 8 nitrogen and oxygen atoms in total. The van der Waals surface area contributed by atoms with Crippen molar-refractivity contribution in [2.45, 2.75) is 103 Å². The molecule has 27 heavy (non-hydrogen) atoms. The fraction of sp³-hybridized carbons (Fsp3) is 0.944. The van der Waals surface area contributed by atoms with Gasteiger partial charge in [-0.05, 0) is 42.8 Å². The summed E-state index contributed by atoms with van der Waals surface area (Å²) in [7, 11) is -1.58. The first-order chi connectivity index (χ1) is 12.7. The lowest BCUT2D eigenvalue weighted by Crippen LogP contribution is -2.39. The fourth-order valence-corrected chi connectivity index (χ4v) is 5.82. The molecule has 0 heterocycles. The number of carbonyl (C=O) groups excluding carboxylic acids is 1. The SMILES string of the molecule is CCCCCCCC(CCC(CN=[N+]=[N-])(C[Si](C)(C)C)N=[N+]=[N-])OC(C)=O. The van der Waals surface area contributed by atoms with Gasteiger partial charge >= 0.3 is 5.97 Å². The molecule has 0 aromatic carbocycles.